The topological polar surface area (TPSA) is 78.0 Å². The summed E-state index contributed by atoms with van der Waals surface area (Å²) in [5, 5.41) is 19.3. The quantitative estimate of drug-likeness (QED) is 0.724. The molecule has 0 aromatic carbocycles. The Kier molecular flexibility index (Phi) is 4.36. The van der Waals surface area contributed by atoms with E-state index in [0.717, 1.165) is 31.4 Å². The average molecular weight is 251 g/mol. The number of hydrogen-bond acceptors (Lipinski definition) is 3. The third-order valence-electron chi connectivity index (χ3n) is 3.64. The van der Waals surface area contributed by atoms with E-state index in [9.17, 15) is 9.90 Å². The Morgan fingerprint density at radius 2 is 2.56 bits per heavy atom. The fourth-order valence-electron chi connectivity index (χ4n) is 2.34. The van der Waals surface area contributed by atoms with Gasteiger partial charge >= 0.3 is 0 Å². The molecule has 0 aliphatic heterocycles. The molecule has 1 aromatic heterocycles. The molecule has 2 atom stereocenters. The summed E-state index contributed by atoms with van der Waals surface area (Å²) >= 11 is 0. The van der Waals surface area contributed by atoms with Crippen LogP contribution in [0.4, 0.5) is 0 Å². The lowest BCUT2D eigenvalue weighted by molar-refractivity contribution is -0.125. The standard InChI is InChI=1S/C13H21N3O2/c1-2-11(17)5-6-14-13(18)9-3-4-10-8-15-16-12(10)7-9/h8-9,11,17H,2-7H2,1H3,(H,14,18)(H,15,16). The zero-order chi connectivity index (χ0) is 13.0. The molecule has 0 radical (unpaired) electrons. The van der Waals surface area contributed by atoms with E-state index in [4.69, 9.17) is 0 Å². The van der Waals surface area contributed by atoms with Crippen LogP contribution in [0.3, 0.4) is 0 Å². The molecule has 5 heteroatoms. The Bertz CT molecular complexity index is 403. The van der Waals surface area contributed by atoms with Crippen molar-refractivity contribution >= 4 is 5.91 Å². The van der Waals surface area contributed by atoms with E-state index in [1.165, 1.54) is 5.56 Å². The van der Waals surface area contributed by atoms with Gasteiger partial charge in [0.15, 0.2) is 0 Å². The largest absolute Gasteiger partial charge is 0.393 e. The van der Waals surface area contributed by atoms with Crippen molar-refractivity contribution in [3.63, 3.8) is 0 Å². The molecule has 0 bridgehead atoms. The lowest BCUT2D eigenvalue weighted by atomic mass is 9.87. The molecule has 3 N–H and O–H groups in total. The molecular weight excluding hydrogens is 230 g/mol. The first-order valence-electron chi connectivity index (χ1n) is 6.67. The zero-order valence-corrected chi connectivity index (χ0v) is 10.8. The summed E-state index contributed by atoms with van der Waals surface area (Å²) in [5.74, 6) is 0.135. The number of aromatic amines is 1. The highest BCUT2D eigenvalue weighted by Gasteiger charge is 2.25. The van der Waals surface area contributed by atoms with Crippen LogP contribution in [0.2, 0.25) is 0 Å². The van der Waals surface area contributed by atoms with Gasteiger partial charge in [-0.15, -0.1) is 0 Å². The number of nitrogens with one attached hydrogen (secondary N) is 2. The molecule has 100 valence electrons. The Hall–Kier alpha value is -1.36. The fraction of sp³-hybridized carbons (Fsp3) is 0.692. The third kappa shape index (κ3) is 3.10. The number of hydrogen-bond donors (Lipinski definition) is 3. The SMILES string of the molecule is CCC(O)CCNC(=O)C1CCc2cn[nH]c2C1. The number of H-pyrrole nitrogens is 1. The van der Waals surface area contributed by atoms with Crippen molar-refractivity contribution in [2.75, 3.05) is 6.54 Å². The van der Waals surface area contributed by atoms with Crippen molar-refractivity contribution in [1.82, 2.24) is 15.5 Å². The van der Waals surface area contributed by atoms with Gasteiger partial charge in [0, 0.05) is 24.6 Å². The summed E-state index contributed by atoms with van der Waals surface area (Å²) in [4.78, 5) is 12.0. The van der Waals surface area contributed by atoms with Crippen LogP contribution in [0, 0.1) is 5.92 Å². The van der Waals surface area contributed by atoms with Crippen LogP contribution < -0.4 is 5.32 Å². The van der Waals surface area contributed by atoms with Crippen LogP contribution in [0.25, 0.3) is 0 Å². The minimum Gasteiger partial charge on any atom is -0.393 e. The van der Waals surface area contributed by atoms with Gasteiger partial charge in [-0.25, -0.2) is 0 Å². The second-order valence-corrected chi connectivity index (χ2v) is 4.96. The Morgan fingerprint density at radius 1 is 1.72 bits per heavy atom. The van der Waals surface area contributed by atoms with E-state index in [1.807, 2.05) is 13.1 Å². The predicted molar refractivity (Wildman–Crippen MR) is 68.0 cm³/mol. The first-order chi connectivity index (χ1) is 8.70. The number of fused-ring (bicyclic) bond motifs is 1. The first kappa shape index (κ1) is 13.1. The summed E-state index contributed by atoms with van der Waals surface area (Å²) < 4.78 is 0. The van der Waals surface area contributed by atoms with Gasteiger partial charge in [0.05, 0.1) is 12.3 Å². The summed E-state index contributed by atoms with van der Waals surface area (Å²) in [6.07, 6.45) is 5.45. The smallest absolute Gasteiger partial charge is 0.223 e. The lowest BCUT2D eigenvalue weighted by Crippen LogP contribution is -2.35. The molecule has 0 spiro atoms. The van der Waals surface area contributed by atoms with Gasteiger partial charge in [0.2, 0.25) is 5.91 Å². The third-order valence-corrected chi connectivity index (χ3v) is 3.64. The van der Waals surface area contributed by atoms with Crippen molar-refractivity contribution in [3.05, 3.63) is 17.5 Å². The highest BCUT2D eigenvalue weighted by atomic mass is 16.3. The first-order valence-corrected chi connectivity index (χ1v) is 6.67. The summed E-state index contributed by atoms with van der Waals surface area (Å²) in [7, 11) is 0. The van der Waals surface area contributed by atoms with Crippen molar-refractivity contribution in [2.24, 2.45) is 5.92 Å². The number of aryl methyl sites for hydroxylation is 1. The van der Waals surface area contributed by atoms with Gasteiger partial charge in [-0.05, 0) is 31.2 Å². The minimum absolute atomic E-state index is 0.0386. The Balaban J connectivity index is 1.77. The molecule has 2 rings (SSSR count). The molecule has 0 saturated carbocycles. The maximum atomic E-state index is 12.0. The summed E-state index contributed by atoms with van der Waals surface area (Å²) in [6, 6.07) is 0. The van der Waals surface area contributed by atoms with E-state index in [2.05, 4.69) is 15.5 Å². The Labute approximate surface area is 107 Å². The van der Waals surface area contributed by atoms with Crippen LogP contribution in [0.1, 0.15) is 37.4 Å². The molecule has 1 aliphatic rings. The number of rotatable bonds is 5. The summed E-state index contributed by atoms with van der Waals surface area (Å²) in [5.41, 5.74) is 2.33. The molecule has 1 heterocycles. The second kappa shape index (κ2) is 6.00. The molecule has 0 saturated heterocycles. The predicted octanol–water partition coefficient (Wildman–Crippen LogP) is 0.792. The molecule has 5 nitrogen and oxygen atoms in total. The van der Waals surface area contributed by atoms with Crippen LogP contribution in [0.15, 0.2) is 6.20 Å². The van der Waals surface area contributed by atoms with Crippen LogP contribution in [-0.2, 0) is 17.6 Å². The number of aliphatic hydroxyl groups is 1. The van der Waals surface area contributed by atoms with Crippen molar-refractivity contribution < 1.29 is 9.90 Å². The van der Waals surface area contributed by atoms with Crippen molar-refractivity contribution in [2.45, 2.75) is 45.1 Å². The van der Waals surface area contributed by atoms with Gasteiger partial charge in [-0.2, -0.15) is 5.10 Å². The number of carbonyl (C=O) groups is 1. The molecule has 1 aliphatic carbocycles. The molecule has 0 fully saturated rings. The zero-order valence-electron chi connectivity index (χ0n) is 10.8. The van der Waals surface area contributed by atoms with Gasteiger partial charge in [0.1, 0.15) is 0 Å². The maximum absolute atomic E-state index is 12.0. The number of aromatic nitrogens is 2. The van der Waals surface area contributed by atoms with E-state index in [-0.39, 0.29) is 17.9 Å². The molecule has 1 aromatic rings. The summed E-state index contributed by atoms with van der Waals surface area (Å²) in [6.45, 7) is 2.49. The van der Waals surface area contributed by atoms with E-state index in [0.29, 0.717) is 13.0 Å². The van der Waals surface area contributed by atoms with Gasteiger partial charge in [-0.3, -0.25) is 9.89 Å². The normalized spacial score (nSPS) is 20.2. The van der Waals surface area contributed by atoms with E-state index < -0.39 is 0 Å². The number of nitrogens with zero attached hydrogens (tertiary/aromatic N) is 1. The monoisotopic (exact) mass is 251 g/mol. The highest BCUT2D eigenvalue weighted by molar-refractivity contribution is 5.79. The minimum atomic E-state index is -0.309. The number of amides is 1. The van der Waals surface area contributed by atoms with E-state index in [1.54, 1.807) is 0 Å². The Morgan fingerprint density at radius 3 is 3.33 bits per heavy atom. The second-order valence-electron chi connectivity index (χ2n) is 4.96. The average Bonchev–Trinajstić information content (AvgIpc) is 2.85. The maximum Gasteiger partial charge on any atom is 0.223 e. The van der Waals surface area contributed by atoms with Crippen LogP contribution in [0.5, 0.6) is 0 Å². The number of carbonyl (C=O) groups excluding carboxylic acids is 1. The van der Waals surface area contributed by atoms with Crippen molar-refractivity contribution in [3.8, 4) is 0 Å². The number of aliphatic hydroxyl groups excluding tert-OH is 1. The molecule has 1 amide bonds. The lowest BCUT2D eigenvalue weighted by Gasteiger charge is -2.21. The fourth-order valence-corrected chi connectivity index (χ4v) is 2.34. The molecule has 2 unspecified atom stereocenters. The van der Waals surface area contributed by atoms with Gasteiger partial charge in [0.25, 0.3) is 0 Å². The van der Waals surface area contributed by atoms with Crippen molar-refractivity contribution in [1.29, 1.82) is 0 Å². The van der Waals surface area contributed by atoms with Gasteiger partial charge < -0.3 is 10.4 Å². The van der Waals surface area contributed by atoms with E-state index >= 15 is 0 Å². The molecular formula is C13H21N3O2. The highest BCUT2D eigenvalue weighted by Crippen LogP contribution is 2.23. The van der Waals surface area contributed by atoms with Gasteiger partial charge in [-0.1, -0.05) is 6.92 Å². The van der Waals surface area contributed by atoms with Crippen LogP contribution in [-0.4, -0.2) is 33.9 Å². The van der Waals surface area contributed by atoms with Crippen LogP contribution >= 0.6 is 0 Å². The molecule has 18 heavy (non-hydrogen) atoms.